The number of rotatable bonds is 9. The van der Waals surface area contributed by atoms with Crippen LogP contribution in [0.4, 0.5) is 0 Å². The number of ether oxygens (including phenoxy) is 1. The molecule has 1 atom stereocenters. The fourth-order valence-corrected chi connectivity index (χ4v) is 3.13. The molecular weight excluding hydrogens is 210 g/mol. The van der Waals surface area contributed by atoms with E-state index in [-0.39, 0.29) is 5.60 Å². The molecule has 0 amide bonds. The van der Waals surface area contributed by atoms with Gasteiger partial charge in [0, 0.05) is 12.6 Å². The predicted molar refractivity (Wildman–Crippen MR) is 74.4 cm³/mol. The average molecular weight is 241 g/mol. The van der Waals surface area contributed by atoms with Crippen molar-refractivity contribution in [1.82, 2.24) is 5.32 Å². The largest absolute Gasteiger partial charge is 0.374 e. The van der Waals surface area contributed by atoms with Crippen LogP contribution in [-0.4, -0.2) is 24.8 Å². The molecule has 0 aliphatic heterocycles. The van der Waals surface area contributed by atoms with E-state index in [1.54, 1.807) is 0 Å². The zero-order valence-corrected chi connectivity index (χ0v) is 12.2. The lowest BCUT2D eigenvalue weighted by Gasteiger charge is -2.43. The minimum atomic E-state index is 0.0559. The Labute approximate surface area is 108 Å². The van der Waals surface area contributed by atoms with Gasteiger partial charge in [0.25, 0.3) is 0 Å². The fraction of sp³-hybridized carbons (Fsp3) is 1.00. The van der Waals surface area contributed by atoms with Crippen LogP contribution in [0, 0.1) is 5.92 Å². The average Bonchev–Trinajstić information content (AvgIpc) is 2.29. The highest BCUT2D eigenvalue weighted by Crippen LogP contribution is 2.36. The van der Waals surface area contributed by atoms with Gasteiger partial charge in [-0.3, -0.25) is 0 Å². The van der Waals surface area contributed by atoms with Gasteiger partial charge in [-0.25, -0.2) is 0 Å². The van der Waals surface area contributed by atoms with Gasteiger partial charge < -0.3 is 10.1 Å². The zero-order valence-electron chi connectivity index (χ0n) is 12.2. The minimum absolute atomic E-state index is 0.0559. The van der Waals surface area contributed by atoms with Crippen LogP contribution in [0.1, 0.15) is 66.2 Å². The monoisotopic (exact) mass is 241 g/mol. The number of nitrogens with one attached hydrogen (secondary N) is 1. The molecule has 1 unspecified atom stereocenters. The van der Waals surface area contributed by atoms with E-state index < -0.39 is 0 Å². The highest BCUT2D eigenvalue weighted by molar-refractivity contribution is 4.93. The van der Waals surface area contributed by atoms with Gasteiger partial charge in [-0.15, -0.1) is 0 Å². The molecule has 2 heteroatoms. The third kappa shape index (κ3) is 3.69. The molecule has 0 aromatic heterocycles. The van der Waals surface area contributed by atoms with Crippen LogP contribution >= 0.6 is 0 Å². The van der Waals surface area contributed by atoms with Crippen molar-refractivity contribution in [3.05, 3.63) is 0 Å². The molecule has 0 saturated heterocycles. The van der Waals surface area contributed by atoms with Gasteiger partial charge in [0.05, 0.1) is 5.60 Å². The molecule has 1 saturated carbocycles. The summed E-state index contributed by atoms with van der Waals surface area (Å²) in [4.78, 5) is 0. The third-order valence-electron chi connectivity index (χ3n) is 4.51. The van der Waals surface area contributed by atoms with E-state index in [2.05, 4.69) is 33.0 Å². The number of hydrogen-bond donors (Lipinski definition) is 1. The van der Waals surface area contributed by atoms with Gasteiger partial charge >= 0.3 is 0 Å². The fourth-order valence-electron chi connectivity index (χ4n) is 3.13. The van der Waals surface area contributed by atoms with E-state index in [1.807, 2.05) is 0 Å². The molecule has 1 aliphatic rings. The van der Waals surface area contributed by atoms with E-state index in [9.17, 15) is 0 Å². The SMILES string of the molecule is CCNC(CC1CCC1)C(CC)(CC)OCC. The number of hydrogen-bond acceptors (Lipinski definition) is 2. The summed E-state index contributed by atoms with van der Waals surface area (Å²) in [6, 6.07) is 0.535. The van der Waals surface area contributed by atoms with Gasteiger partial charge in [-0.2, -0.15) is 0 Å². The molecule has 0 aromatic rings. The molecule has 0 bridgehead atoms. The topological polar surface area (TPSA) is 21.3 Å². The van der Waals surface area contributed by atoms with Crippen LogP contribution in [0.2, 0.25) is 0 Å². The van der Waals surface area contributed by atoms with Crippen molar-refractivity contribution in [3.8, 4) is 0 Å². The Kier molecular flexibility index (Phi) is 6.50. The van der Waals surface area contributed by atoms with Crippen molar-refractivity contribution in [2.75, 3.05) is 13.2 Å². The molecule has 1 aliphatic carbocycles. The van der Waals surface area contributed by atoms with E-state index >= 15 is 0 Å². The molecule has 102 valence electrons. The Balaban J connectivity index is 2.67. The Morgan fingerprint density at radius 1 is 1.18 bits per heavy atom. The first-order valence-corrected chi connectivity index (χ1v) is 7.59. The van der Waals surface area contributed by atoms with Crippen molar-refractivity contribution >= 4 is 0 Å². The minimum Gasteiger partial charge on any atom is -0.374 e. The summed E-state index contributed by atoms with van der Waals surface area (Å²) in [7, 11) is 0. The summed E-state index contributed by atoms with van der Waals surface area (Å²) in [5, 5.41) is 3.68. The second-order valence-electron chi connectivity index (χ2n) is 5.35. The summed E-state index contributed by atoms with van der Waals surface area (Å²) >= 11 is 0. The summed E-state index contributed by atoms with van der Waals surface area (Å²) in [6.07, 6.45) is 7.82. The first-order valence-electron chi connectivity index (χ1n) is 7.59. The zero-order chi connectivity index (χ0) is 12.7. The molecule has 17 heavy (non-hydrogen) atoms. The molecule has 0 radical (unpaired) electrons. The van der Waals surface area contributed by atoms with Crippen LogP contribution < -0.4 is 5.32 Å². The van der Waals surface area contributed by atoms with Crippen LogP contribution in [0.5, 0.6) is 0 Å². The van der Waals surface area contributed by atoms with E-state index in [0.717, 1.165) is 31.9 Å². The molecule has 1 fully saturated rings. The molecule has 1 N–H and O–H groups in total. The third-order valence-corrected chi connectivity index (χ3v) is 4.51. The maximum Gasteiger partial charge on any atom is 0.0829 e. The Bertz CT molecular complexity index is 197. The van der Waals surface area contributed by atoms with E-state index in [1.165, 1.54) is 25.7 Å². The van der Waals surface area contributed by atoms with E-state index in [4.69, 9.17) is 4.74 Å². The Hall–Kier alpha value is -0.0800. The van der Waals surface area contributed by atoms with Gasteiger partial charge in [-0.1, -0.05) is 40.0 Å². The standard InChI is InChI=1S/C15H31NO/c1-5-15(6-2,17-8-4)14(16-7-3)12-13-10-9-11-13/h13-14,16H,5-12H2,1-4H3. The van der Waals surface area contributed by atoms with Crippen molar-refractivity contribution in [2.45, 2.75) is 77.9 Å². The molecule has 0 aromatic carbocycles. The van der Waals surface area contributed by atoms with Crippen LogP contribution in [-0.2, 0) is 4.74 Å². The first-order chi connectivity index (χ1) is 8.22. The predicted octanol–water partition coefficient (Wildman–Crippen LogP) is 3.75. The molecule has 0 spiro atoms. The van der Waals surface area contributed by atoms with Crippen LogP contribution in [0.25, 0.3) is 0 Å². The second-order valence-corrected chi connectivity index (χ2v) is 5.35. The Morgan fingerprint density at radius 2 is 1.82 bits per heavy atom. The lowest BCUT2D eigenvalue weighted by Crippen LogP contribution is -2.53. The lowest BCUT2D eigenvalue weighted by atomic mass is 9.75. The summed E-state index contributed by atoms with van der Waals surface area (Å²) in [5.74, 6) is 0.942. The molecule has 2 nitrogen and oxygen atoms in total. The normalized spacial score (nSPS) is 19.1. The lowest BCUT2D eigenvalue weighted by molar-refractivity contribution is -0.0785. The summed E-state index contributed by atoms with van der Waals surface area (Å²) < 4.78 is 6.15. The van der Waals surface area contributed by atoms with Gasteiger partial charge in [0.1, 0.15) is 0 Å². The number of likely N-dealkylation sites (N-methyl/N-ethyl adjacent to an activating group) is 1. The van der Waals surface area contributed by atoms with Gasteiger partial charge in [0.2, 0.25) is 0 Å². The van der Waals surface area contributed by atoms with Gasteiger partial charge in [-0.05, 0) is 38.6 Å². The van der Waals surface area contributed by atoms with Crippen molar-refractivity contribution < 1.29 is 4.74 Å². The molecule has 1 rings (SSSR count). The second kappa shape index (κ2) is 7.38. The maximum atomic E-state index is 6.15. The maximum absolute atomic E-state index is 6.15. The summed E-state index contributed by atoms with van der Waals surface area (Å²) in [5.41, 5.74) is 0.0559. The van der Waals surface area contributed by atoms with Gasteiger partial charge in [0.15, 0.2) is 0 Å². The van der Waals surface area contributed by atoms with Crippen molar-refractivity contribution in [2.24, 2.45) is 5.92 Å². The van der Waals surface area contributed by atoms with E-state index in [0.29, 0.717) is 6.04 Å². The van der Waals surface area contributed by atoms with Crippen molar-refractivity contribution in [3.63, 3.8) is 0 Å². The smallest absolute Gasteiger partial charge is 0.0829 e. The van der Waals surface area contributed by atoms with Crippen molar-refractivity contribution in [1.29, 1.82) is 0 Å². The van der Waals surface area contributed by atoms with Crippen LogP contribution in [0.15, 0.2) is 0 Å². The summed E-state index contributed by atoms with van der Waals surface area (Å²) in [6.45, 7) is 10.7. The first kappa shape index (κ1) is 15.0. The Morgan fingerprint density at radius 3 is 2.18 bits per heavy atom. The quantitative estimate of drug-likeness (QED) is 0.664. The highest BCUT2D eigenvalue weighted by atomic mass is 16.5. The highest BCUT2D eigenvalue weighted by Gasteiger charge is 2.38. The molecule has 0 heterocycles. The molecular formula is C15H31NO. The van der Waals surface area contributed by atoms with Crippen LogP contribution in [0.3, 0.4) is 0 Å².